The largest absolute Gasteiger partial charge is 0.482 e. The number of benzene rings is 2. The smallest absolute Gasteiger partial charge is 0.325 e. The summed E-state index contributed by atoms with van der Waals surface area (Å²) in [5.41, 5.74) is 0.809. The standard InChI is InChI=1S/C18H16Cl2N2O5/c1-26-17(24)9-21-18(25)11-2-5-13(6-3-11)22-16(23)10-27-15-8-12(19)4-7-14(15)20/h2-8H,9-10H2,1H3,(H,21,25)(H,22,23). The van der Waals surface area contributed by atoms with Crippen LogP contribution in [0.3, 0.4) is 0 Å². The van der Waals surface area contributed by atoms with Crippen LogP contribution in [0.25, 0.3) is 0 Å². The number of ether oxygens (including phenoxy) is 2. The first kappa shape index (κ1) is 20.5. The summed E-state index contributed by atoms with van der Waals surface area (Å²) in [6.45, 7) is -0.487. The van der Waals surface area contributed by atoms with E-state index >= 15 is 0 Å². The Morgan fingerprint density at radius 1 is 1.04 bits per heavy atom. The maximum absolute atomic E-state index is 12.0. The minimum absolute atomic E-state index is 0.225. The second kappa shape index (κ2) is 9.80. The van der Waals surface area contributed by atoms with Gasteiger partial charge in [-0.25, -0.2) is 0 Å². The Kier molecular flexibility index (Phi) is 7.45. The normalized spacial score (nSPS) is 10.0. The quantitative estimate of drug-likeness (QED) is 0.684. The van der Waals surface area contributed by atoms with Gasteiger partial charge < -0.3 is 20.1 Å². The minimum Gasteiger partial charge on any atom is -0.482 e. The molecule has 2 N–H and O–H groups in total. The molecule has 2 aromatic rings. The molecule has 142 valence electrons. The highest BCUT2D eigenvalue weighted by molar-refractivity contribution is 6.34. The van der Waals surface area contributed by atoms with Gasteiger partial charge in [0, 0.05) is 22.3 Å². The van der Waals surface area contributed by atoms with Crippen LogP contribution in [0.1, 0.15) is 10.4 Å². The van der Waals surface area contributed by atoms with Gasteiger partial charge in [0.05, 0.1) is 12.1 Å². The van der Waals surface area contributed by atoms with Gasteiger partial charge in [-0.2, -0.15) is 0 Å². The number of anilines is 1. The van der Waals surface area contributed by atoms with Gasteiger partial charge in [0.2, 0.25) is 0 Å². The third kappa shape index (κ3) is 6.47. The van der Waals surface area contributed by atoms with Gasteiger partial charge in [-0.05, 0) is 36.4 Å². The average Bonchev–Trinajstić information content (AvgIpc) is 2.67. The summed E-state index contributed by atoms with van der Waals surface area (Å²) in [7, 11) is 1.23. The minimum atomic E-state index is -0.549. The fourth-order valence-corrected chi connectivity index (χ4v) is 2.29. The predicted molar refractivity (Wildman–Crippen MR) is 101 cm³/mol. The maximum atomic E-state index is 12.0. The van der Waals surface area contributed by atoms with Crippen molar-refractivity contribution in [1.82, 2.24) is 5.32 Å². The van der Waals surface area contributed by atoms with E-state index in [1.165, 1.54) is 25.3 Å². The van der Waals surface area contributed by atoms with E-state index in [0.717, 1.165) is 0 Å². The Morgan fingerprint density at radius 3 is 2.41 bits per heavy atom. The van der Waals surface area contributed by atoms with Crippen LogP contribution < -0.4 is 15.4 Å². The Bertz CT molecular complexity index is 840. The molecule has 7 nitrogen and oxygen atoms in total. The molecule has 0 spiro atoms. The highest BCUT2D eigenvalue weighted by Crippen LogP contribution is 2.27. The number of rotatable bonds is 7. The number of esters is 1. The van der Waals surface area contributed by atoms with E-state index in [1.807, 2.05) is 0 Å². The molecule has 0 unspecified atom stereocenters. The lowest BCUT2D eigenvalue weighted by Gasteiger charge is -2.10. The number of methoxy groups -OCH3 is 1. The molecule has 0 aliphatic carbocycles. The highest BCUT2D eigenvalue weighted by Gasteiger charge is 2.10. The van der Waals surface area contributed by atoms with Gasteiger partial charge in [0.25, 0.3) is 11.8 Å². The van der Waals surface area contributed by atoms with Crippen molar-refractivity contribution in [2.45, 2.75) is 0 Å². The fraction of sp³-hybridized carbons (Fsp3) is 0.167. The molecule has 9 heteroatoms. The van der Waals surface area contributed by atoms with Crippen LogP contribution >= 0.6 is 23.2 Å². The van der Waals surface area contributed by atoms with Gasteiger partial charge in [0.1, 0.15) is 12.3 Å². The molecule has 0 heterocycles. The van der Waals surface area contributed by atoms with Crippen LogP contribution in [-0.4, -0.2) is 38.0 Å². The lowest BCUT2D eigenvalue weighted by Crippen LogP contribution is -2.30. The second-order valence-corrected chi connectivity index (χ2v) is 6.09. The fourth-order valence-electron chi connectivity index (χ4n) is 1.96. The zero-order valence-electron chi connectivity index (χ0n) is 14.3. The molecule has 27 heavy (non-hydrogen) atoms. The highest BCUT2D eigenvalue weighted by atomic mass is 35.5. The number of hydrogen-bond acceptors (Lipinski definition) is 5. The van der Waals surface area contributed by atoms with Crippen molar-refractivity contribution in [2.24, 2.45) is 0 Å². The summed E-state index contributed by atoms with van der Waals surface area (Å²) >= 11 is 11.8. The van der Waals surface area contributed by atoms with Crippen molar-refractivity contribution in [2.75, 3.05) is 25.6 Å². The van der Waals surface area contributed by atoms with Crippen LogP contribution in [0.15, 0.2) is 42.5 Å². The number of carbonyl (C=O) groups is 3. The average molecular weight is 411 g/mol. The second-order valence-electron chi connectivity index (χ2n) is 5.25. The number of hydrogen-bond donors (Lipinski definition) is 2. The van der Waals surface area contributed by atoms with Crippen molar-refractivity contribution in [3.8, 4) is 5.75 Å². The van der Waals surface area contributed by atoms with Crippen LogP contribution in [0.5, 0.6) is 5.75 Å². The van der Waals surface area contributed by atoms with E-state index in [-0.39, 0.29) is 13.2 Å². The molecular weight excluding hydrogens is 395 g/mol. The molecule has 0 aliphatic rings. The van der Waals surface area contributed by atoms with E-state index in [2.05, 4.69) is 15.4 Å². The van der Waals surface area contributed by atoms with Crippen molar-refractivity contribution in [1.29, 1.82) is 0 Å². The van der Waals surface area contributed by atoms with E-state index in [4.69, 9.17) is 27.9 Å². The Hall–Kier alpha value is -2.77. The lowest BCUT2D eigenvalue weighted by molar-refractivity contribution is -0.139. The van der Waals surface area contributed by atoms with Gasteiger partial charge in [-0.1, -0.05) is 23.2 Å². The van der Waals surface area contributed by atoms with Crippen LogP contribution in [0, 0.1) is 0 Å². The van der Waals surface area contributed by atoms with Crippen LogP contribution in [-0.2, 0) is 14.3 Å². The zero-order chi connectivity index (χ0) is 19.8. The summed E-state index contributed by atoms with van der Waals surface area (Å²) in [5.74, 6) is -1.09. The topological polar surface area (TPSA) is 93.7 Å². The number of halogens is 2. The van der Waals surface area contributed by atoms with Crippen molar-refractivity contribution in [3.63, 3.8) is 0 Å². The molecule has 0 saturated heterocycles. The number of carbonyl (C=O) groups excluding carboxylic acids is 3. The molecule has 2 amide bonds. The first-order chi connectivity index (χ1) is 12.9. The van der Waals surface area contributed by atoms with Crippen molar-refractivity contribution >= 4 is 46.7 Å². The molecular formula is C18H16Cl2N2O5. The monoisotopic (exact) mass is 410 g/mol. The molecule has 0 atom stereocenters. The summed E-state index contributed by atoms with van der Waals surface area (Å²) in [4.78, 5) is 34.9. The predicted octanol–water partition coefficient (Wildman–Crippen LogP) is 2.91. The number of amides is 2. The zero-order valence-corrected chi connectivity index (χ0v) is 15.8. The molecule has 2 rings (SSSR count). The van der Waals surface area contributed by atoms with Gasteiger partial charge in [-0.15, -0.1) is 0 Å². The summed E-state index contributed by atoms with van der Waals surface area (Å²) in [6, 6.07) is 10.8. The molecule has 0 saturated carbocycles. The summed E-state index contributed by atoms with van der Waals surface area (Å²) in [5, 5.41) is 5.82. The first-order valence-electron chi connectivity index (χ1n) is 7.72. The van der Waals surface area contributed by atoms with Gasteiger partial charge in [-0.3, -0.25) is 14.4 Å². The Labute approximate surface area is 165 Å². The molecule has 0 fully saturated rings. The number of nitrogens with one attached hydrogen (secondary N) is 2. The molecule has 0 radical (unpaired) electrons. The van der Waals surface area contributed by atoms with Crippen molar-refractivity contribution in [3.05, 3.63) is 58.1 Å². The summed E-state index contributed by atoms with van der Waals surface area (Å²) in [6.07, 6.45) is 0. The van der Waals surface area contributed by atoms with Gasteiger partial charge >= 0.3 is 5.97 Å². The van der Waals surface area contributed by atoms with Gasteiger partial charge in [0.15, 0.2) is 6.61 Å². The molecule has 0 aliphatic heterocycles. The molecule has 0 aromatic heterocycles. The Balaban J connectivity index is 1.86. The third-order valence-corrected chi connectivity index (χ3v) is 3.85. The Morgan fingerprint density at radius 2 is 1.74 bits per heavy atom. The SMILES string of the molecule is COC(=O)CNC(=O)c1ccc(NC(=O)COc2cc(Cl)ccc2Cl)cc1. The van der Waals surface area contributed by atoms with E-state index in [0.29, 0.717) is 27.0 Å². The molecule has 2 aromatic carbocycles. The summed E-state index contributed by atoms with van der Waals surface area (Å²) < 4.78 is 9.78. The lowest BCUT2D eigenvalue weighted by atomic mass is 10.2. The van der Waals surface area contributed by atoms with Crippen LogP contribution in [0.4, 0.5) is 5.69 Å². The van der Waals surface area contributed by atoms with E-state index in [9.17, 15) is 14.4 Å². The van der Waals surface area contributed by atoms with Crippen molar-refractivity contribution < 1.29 is 23.9 Å². The van der Waals surface area contributed by atoms with E-state index < -0.39 is 17.8 Å². The third-order valence-electron chi connectivity index (χ3n) is 3.30. The van der Waals surface area contributed by atoms with Crippen LogP contribution in [0.2, 0.25) is 10.0 Å². The molecule has 0 bridgehead atoms. The van der Waals surface area contributed by atoms with E-state index in [1.54, 1.807) is 24.3 Å². The first-order valence-corrected chi connectivity index (χ1v) is 8.47. The maximum Gasteiger partial charge on any atom is 0.325 e.